The standard InChI is InChI=1S/C16H15BrClNO2/c1-9-5-10(2)15(19)7-13(9)16(20)21-8-11-3-4-12(17)6-14(11)18/h3-7H,8,19H2,1-2H3. The van der Waals surface area contributed by atoms with Gasteiger partial charge in [-0.2, -0.15) is 0 Å². The largest absolute Gasteiger partial charge is 0.457 e. The van der Waals surface area contributed by atoms with E-state index in [9.17, 15) is 4.79 Å². The van der Waals surface area contributed by atoms with Crippen LogP contribution in [0.2, 0.25) is 5.02 Å². The van der Waals surface area contributed by atoms with Crippen LogP contribution in [0.15, 0.2) is 34.8 Å². The molecule has 0 amide bonds. The van der Waals surface area contributed by atoms with E-state index in [0.717, 1.165) is 21.2 Å². The van der Waals surface area contributed by atoms with Crippen LogP contribution in [-0.4, -0.2) is 5.97 Å². The zero-order valence-corrected chi connectivity index (χ0v) is 14.1. The lowest BCUT2D eigenvalue weighted by atomic mass is 10.0. The lowest BCUT2D eigenvalue weighted by Crippen LogP contribution is -2.08. The minimum Gasteiger partial charge on any atom is -0.457 e. The molecule has 2 aromatic carbocycles. The monoisotopic (exact) mass is 367 g/mol. The number of carbonyl (C=O) groups is 1. The zero-order chi connectivity index (χ0) is 15.6. The summed E-state index contributed by atoms with van der Waals surface area (Å²) in [5, 5.41) is 0.553. The molecule has 0 atom stereocenters. The van der Waals surface area contributed by atoms with Crippen molar-refractivity contribution in [2.45, 2.75) is 20.5 Å². The molecule has 0 spiro atoms. The molecule has 0 saturated carbocycles. The molecular weight excluding hydrogens is 354 g/mol. The number of esters is 1. The Balaban J connectivity index is 2.13. The summed E-state index contributed by atoms with van der Waals surface area (Å²) in [4.78, 5) is 12.2. The molecule has 0 fully saturated rings. The second kappa shape index (κ2) is 6.50. The molecule has 0 heterocycles. The van der Waals surface area contributed by atoms with Gasteiger partial charge >= 0.3 is 5.97 Å². The number of aryl methyl sites for hydroxylation is 2. The van der Waals surface area contributed by atoms with Crippen LogP contribution in [0.3, 0.4) is 0 Å². The fourth-order valence-corrected chi connectivity index (χ4v) is 2.68. The highest BCUT2D eigenvalue weighted by Gasteiger charge is 2.13. The molecule has 0 unspecified atom stereocenters. The second-order valence-electron chi connectivity index (χ2n) is 4.84. The molecule has 5 heteroatoms. The van der Waals surface area contributed by atoms with E-state index >= 15 is 0 Å². The Labute approximate surface area is 137 Å². The quantitative estimate of drug-likeness (QED) is 0.633. The van der Waals surface area contributed by atoms with E-state index in [1.807, 2.05) is 32.0 Å². The summed E-state index contributed by atoms with van der Waals surface area (Å²) in [6.07, 6.45) is 0. The topological polar surface area (TPSA) is 52.3 Å². The third-order valence-corrected chi connectivity index (χ3v) is 4.05. The Morgan fingerprint density at radius 1 is 1.24 bits per heavy atom. The summed E-state index contributed by atoms with van der Waals surface area (Å²) in [5.74, 6) is -0.404. The number of hydrogen-bond donors (Lipinski definition) is 1. The van der Waals surface area contributed by atoms with E-state index in [0.29, 0.717) is 16.3 Å². The molecule has 0 aliphatic carbocycles. The molecule has 110 valence electrons. The fraction of sp³-hybridized carbons (Fsp3) is 0.188. The first kappa shape index (κ1) is 15.9. The number of nitrogen functional groups attached to an aromatic ring is 1. The molecule has 0 aromatic heterocycles. The van der Waals surface area contributed by atoms with Gasteiger partial charge in [-0.15, -0.1) is 0 Å². The van der Waals surface area contributed by atoms with Gasteiger partial charge in [-0.25, -0.2) is 4.79 Å². The average Bonchev–Trinajstić information content (AvgIpc) is 2.41. The van der Waals surface area contributed by atoms with Crippen molar-refractivity contribution in [1.29, 1.82) is 0 Å². The van der Waals surface area contributed by atoms with Crippen molar-refractivity contribution in [2.24, 2.45) is 0 Å². The molecule has 0 saturated heterocycles. The van der Waals surface area contributed by atoms with Crippen LogP contribution in [0.1, 0.15) is 27.0 Å². The van der Waals surface area contributed by atoms with E-state index in [1.54, 1.807) is 12.1 Å². The van der Waals surface area contributed by atoms with Crippen LogP contribution in [-0.2, 0) is 11.3 Å². The van der Waals surface area contributed by atoms with Gasteiger partial charge in [0, 0.05) is 20.7 Å². The number of halogens is 2. The van der Waals surface area contributed by atoms with E-state index in [1.165, 1.54) is 0 Å². The molecule has 2 aromatic rings. The van der Waals surface area contributed by atoms with Crippen molar-refractivity contribution in [2.75, 3.05) is 5.73 Å². The average molecular weight is 369 g/mol. The normalized spacial score (nSPS) is 10.5. The minimum absolute atomic E-state index is 0.123. The van der Waals surface area contributed by atoms with Crippen molar-refractivity contribution in [3.05, 3.63) is 62.1 Å². The molecule has 3 nitrogen and oxygen atoms in total. The molecule has 0 bridgehead atoms. The van der Waals surface area contributed by atoms with Crippen LogP contribution in [0.5, 0.6) is 0 Å². The van der Waals surface area contributed by atoms with Gasteiger partial charge in [-0.05, 0) is 43.2 Å². The van der Waals surface area contributed by atoms with E-state index < -0.39 is 5.97 Å². The smallest absolute Gasteiger partial charge is 0.338 e. The molecular formula is C16H15BrClNO2. The van der Waals surface area contributed by atoms with Crippen LogP contribution in [0.25, 0.3) is 0 Å². The van der Waals surface area contributed by atoms with Gasteiger partial charge in [-0.1, -0.05) is 39.7 Å². The maximum Gasteiger partial charge on any atom is 0.338 e. The predicted molar refractivity (Wildman–Crippen MR) is 88.6 cm³/mol. The van der Waals surface area contributed by atoms with E-state index in [2.05, 4.69) is 15.9 Å². The molecule has 0 aliphatic heterocycles. The highest BCUT2D eigenvalue weighted by atomic mass is 79.9. The Morgan fingerprint density at radius 2 is 1.95 bits per heavy atom. The SMILES string of the molecule is Cc1cc(C)c(C(=O)OCc2ccc(Br)cc2Cl)cc1N. The first-order valence-corrected chi connectivity index (χ1v) is 7.53. The first-order valence-electron chi connectivity index (χ1n) is 6.36. The summed E-state index contributed by atoms with van der Waals surface area (Å²) in [6, 6.07) is 8.95. The van der Waals surface area contributed by atoms with Gasteiger partial charge in [0.15, 0.2) is 0 Å². The number of hydrogen-bond acceptors (Lipinski definition) is 3. The fourth-order valence-electron chi connectivity index (χ4n) is 1.95. The summed E-state index contributed by atoms with van der Waals surface area (Å²) in [6.45, 7) is 3.88. The number of nitrogens with two attached hydrogens (primary N) is 1. The summed E-state index contributed by atoms with van der Waals surface area (Å²) >= 11 is 9.43. The molecule has 0 radical (unpaired) electrons. The molecule has 21 heavy (non-hydrogen) atoms. The number of carbonyl (C=O) groups excluding carboxylic acids is 1. The van der Waals surface area contributed by atoms with Crippen LogP contribution >= 0.6 is 27.5 Å². The van der Waals surface area contributed by atoms with Gasteiger partial charge in [0.05, 0.1) is 5.56 Å². The van der Waals surface area contributed by atoms with Crippen molar-refractivity contribution < 1.29 is 9.53 Å². The maximum atomic E-state index is 12.2. The predicted octanol–water partition coefficient (Wildman–Crippen LogP) is 4.66. The highest BCUT2D eigenvalue weighted by molar-refractivity contribution is 9.10. The Bertz CT molecular complexity index is 701. The Hall–Kier alpha value is -1.52. The first-order chi connectivity index (χ1) is 9.88. The van der Waals surface area contributed by atoms with Crippen molar-refractivity contribution in [3.8, 4) is 0 Å². The second-order valence-corrected chi connectivity index (χ2v) is 6.16. The maximum absolute atomic E-state index is 12.2. The van der Waals surface area contributed by atoms with Crippen LogP contribution in [0.4, 0.5) is 5.69 Å². The summed E-state index contributed by atoms with van der Waals surface area (Å²) < 4.78 is 6.20. The number of rotatable bonds is 3. The third-order valence-electron chi connectivity index (χ3n) is 3.21. The van der Waals surface area contributed by atoms with Crippen molar-refractivity contribution in [1.82, 2.24) is 0 Å². The Kier molecular flexibility index (Phi) is 4.91. The third kappa shape index (κ3) is 3.77. The van der Waals surface area contributed by atoms with Crippen LogP contribution in [0, 0.1) is 13.8 Å². The number of ether oxygens (including phenoxy) is 1. The van der Waals surface area contributed by atoms with Crippen LogP contribution < -0.4 is 5.73 Å². The summed E-state index contributed by atoms with van der Waals surface area (Å²) in [5.41, 5.74) is 9.44. The Morgan fingerprint density at radius 3 is 2.62 bits per heavy atom. The molecule has 2 N–H and O–H groups in total. The van der Waals surface area contributed by atoms with E-state index in [-0.39, 0.29) is 6.61 Å². The van der Waals surface area contributed by atoms with Gasteiger partial charge < -0.3 is 10.5 Å². The van der Waals surface area contributed by atoms with E-state index in [4.69, 9.17) is 22.1 Å². The van der Waals surface area contributed by atoms with Gasteiger partial charge in [0.25, 0.3) is 0 Å². The van der Waals surface area contributed by atoms with Gasteiger partial charge in [-0.3, -0.25) is 0 Å². The zero-order valence-electron chi connectivity index (χ0n) is 11.7. The number of benzene rings is 2. The molecule has 2 rings (SSSR count). The summed E-state index contributed by atoms with van der Waals surface area (Å²) in [7, 11) is 0. The number of anilines is 1. The van der Waals surface area contributed by atoms with Crippen molar-refractivity contribution in [3.63, 3.8) is 0 Å². The van der Waals surface area contributed by atoms with Gasteiger partial charge in [0.2, 0.25) is 0 Å². The lowest BCUT2D eigenvalue weighted by Gasteiger charge is -2.10. The minimum atomic E-state index is -0.404. The highest BCUT2D eigenvalue weighted by Crippen LogP contribution is 2.23. The lowest BCUT2D eigenvalue weighted by molar-refractivity contribution is 0.0472. The molecule has 0 aliphatic rings. The van der Waals surface area contributed by atoms with Gasteiger partial charge in [0.1, 0.15) is 6.61 Å². The van der Waals surface area contributed by atoms with Crippen molar-refractivity contribution >= 4 is 39.2 Å².